The fourth-order valence-electron chi connectivity index (χ4n) is 3.04. The second kappa shape index (κ2) is 8.58. The van der Waals surface area contributed by atoms with Crippen LogP contribution in [-0.4, -0.2) is 38.1 Å². The summed E-state index contributed by atoms with van der Waals surface area (Å²) in [7, 11) is 1.59. The Bertz CT molecular complexity index is 821. The largest absolute Gasteiger partial charge is 0.493 e. The first-order valence-electron chi connectivity index (χ1n) is 9.05. The number of methoxy groups -OCH3 is 1. The smallest absolute Gasteiger partial charge is 0.251 e. The number of nitrogens with one attached hydrogen (secondary N) is 1. The molecule has 1 N–H and O–H groups in total. The lowest BCUT2D eigenvalue weighted by Crippen LogP contribution is -2.37. The fourth-order valence-corrected chi connectivity index (χ4v) is 3.04. The fraction of sp³-hybridized carbons (Fsp3) is 0.333. The molecule has 1 fully saturated rings. The highest BCUT2D eigenvalue weighted by Gasteiger charge is 2.22. The molecule has 0 bridgehead atoms. The zero-order chi connectivity index (χ0) is 19.2. The van der Waals surface area contributed by atoms with E-state index in [1.807, 2.05) is 37.3 Å². The predicted molar refractivity (Wildman–Crippen MR) is 103 cm³/mol. The topological polar surface area (TPSA) is 67.9 Å². The molecule has 2 aromatic rings. The molecule has 0 aromatic heterocycles. The molecule has 27 heavy (non-hydrogen) atoms. The van der Waals surface area contributed by atoms with E-state index < -0.39 is 0 Å². The van der Waals surface area contributed by atoms with Gasteiger partial charge in [0, 0.05) is 24.2 Å². The van der Waals surface area contributed by atoms with Crippen molar-refractivity contribution in [3.05, 3.63) is 54.1 Å². The minimum atomic E-state index is -0.195. The van der Waals surface area contributed by atoms with Crippen molar-refractivity contribution in [1.82, 2.24) is 5.32 Å². The van der Waals surface area contributed by atoms with Crippen molar-refractivity contribution >= 4 is 17.5 Å². The summed E-state index contributed by atoms with van der Waals surface area (Å²) in [6.45, 7) is 2.89. The number of hydrogen-bond donors (Lipinski definition) is 1. The second-order valence-electron chi connectivity index (χ2n) is 6.54. The van der Waals surface area contributed by atoms with Gasteiger partial charge in [-0.1, -0.05) is 18.2 Å². The Morgan fingerprint density at radius 2 is 1.96 bits per heavy atom. The zero-order valence-electron chi connectivity index (χ0n) is 15.6. The Morgan fingerprint density at radius 1 is 1.19 bits per heavy atom. The molecule has 2 aromatic carbocycles. The van der Waals surface area contributed by atoms with E-state index in [9.17, 15) is 9.59 Å². The Morgan fingerprint density at radius 3 is 2.67 bits per heavy atom. The van der Waals surface area contributed by atoms with Gasteiger partial charge in [0.05, 0.1) is 13.2 Å². The van der Waals surface area contributed by atoms with Crippen molar-refractivity contribution in [2.45, 2.75) is 25.8 Å². The molecule has 0 spiro atoms. The third-order valence-electron chi connectivity index (χ3n) is 4.43. The van der Waals surface area contributed by atoms with E-state index in [2.05, 4.69) is 5.32 Å². The van der Waals surface area contributed by atoms with Crippen LogP contribution in [0.2, 0.25) is 0 Å². The lowest BCUT2D eigenvalue weighted by Gasteiger charge is -2.18. The van der Waals surface area contributed by atoms with Gasteiger partial charge in [-0.25, -0.2) is 0 Å². The van der Waals surface area contributed by atoms with Gasteiger partial charge in [0.2, 0.25) is 5.91 Å². The normalized spacial score (nSPS) is 14.7. The number of rotatable bonds is 7. The molecule has 0 radical (unpaired) electrons. The monoisotopic (exact) mass is 368 g/mol. The molecule has 6 heteroatoms. The number of anilines is 1. The molecule has 1 atom stereocenters. The Labute approximate surface area is 159 Å². The Hall–Kier alpha value is -3.02. The van der Waals surface area contributed by atoms with E-state index in [0.29, 0.717) is 36.6 Å². The van der Waals surface area contributed by atoms with Crippen molar-refractivity contribution in [2.24, 2.45) is 0 Å². The number of hydrogen-bond acceptors (Lipinski definition) is 4. The number of ether oxygens (including phenoxy) is 2. The number of nitrogens with zero attached hydrogens (tertiary/aromatic N) is 1. The summed E-state index contributed by atoms with van der Waals surface area (Å²) in [5, 5.41) is 2.92. The molecule has 3 rings (SSSR count). The quantitative estimate of drug-likeness (QED) is 0.816. The summed E-state index contributed by atoms with van der Waals surface area (Å²) in [6.07, 6.45) is 1.42. The van der Waals surface area contributed by atoms with E-state index in [1.165, 1.54) is 0 Å². The van der Waals surface area contributed by atoms with Gasteiger partial charge >= 0.3 is 0 Å². The summed E-state index contributed by atoms with van der Waals surface area (Å²) < 4.78 is 11.0. The zero-order valence-corrected chi connectivity index (χ0v) is 15.6. The standard InChI is InChI=1S/C21H24N2O4/c1-15(14-27-19-10-4-3-9-18(19)26-2)22-21(25)16-7-5-8-17(13-16)23-12-6-11-20(23)24/h3-5,7-10,13,15H,6,11-12,14H2,1-2H3,(H,22,25)/t15-/m1/s1. The number of amides is 2. The van der Waals surface area contributed by atoms with Gasteiger partial charge in [-0.2, -0.15) is 0 Å². The Kier molecular flexibility index (Phi) is 5.96. The van der Waals surface area contributed by atoms with Crippen molar-refractivity contribution in [3.8, 4) is 11.5 Å². The molecule has 0 unspecified atom stereocenters. The van der Waals surface area contributed by atoms with Crippen LogP contribution in [0.25, 0.3) is 0 Å². The molecule has 0 saturated carbocycles. The van der Waals surface area contributed by atoms with Crippen molar-refractivity contribution in [2.75, 3.05) is 25.2 Å². The van der Waals surface area contributed by atoms with Crippen LogP contribution in [0.1, 0.15) is 30.1 Å². The third kappa shape index (κ3) is 4.58. The molecule has 142 valence electrons. The molecular weight excluding hydrogens is 344 g/mol. The molecule has 6 nitrogen and oxygen atoms in total. The van der Waals surface area contributed by atoms with Gasteiger partial charge in [-0.15, -0.1) is 0 Å². The molecule has 1 saturated heterocycles. The van der Waals surface area contributed by atoms with Crippen LogP contribution in [0.15, 0.2) is 48.5 Å². The number of carbonyl (C=O) groups excluding carboxylic acids is 2. The van der Waals surface area contributed by atoms with Crippen LogP contribution >= 0.6 is 0 Å². The van der Waals surface area contributed by atoms with E-state index in [0.717, 1.165) is 12.1 Å². The summed E-state index contributed by atoms with van der Waals surface area (Å²) in [4.78, 5) is 26.2. The van der Waals surface area contributed by atoms with E-state index >= 15 is 0 Å². The highest BCUT2D eigenvalue weighted by atomic mass is 16.5. The first kappa shape index (κ1) is 18.8. The van der Waals surface area contributed by atoms with E-state index in [4.69, 9.17) is 9.47 Å². The van der Waals surface area contributed by atoms with Crippen molar-refractivity contribution in [3.63, 3.8) is 0 Å². The first-order valence-corrected chi connectivity index (χ1v) is 9.05. The molecule has 1 heterocycles. The van der Waals surface area contributed by atoms with Gasteiger partial charge in [-0.05, 0) is 43.7 Å². The maximum absolute atomic E-state index is 12.5. The SMILES string of the molecule is COc1ccccc1OC[C@@H](C)NC(=O)c1cccc(N2CCCC2=O)c1. The first-order chi connectivity index (χ1) is 13.1. The van der Waals surface area contributed by atoms with Crippen molar-refractivity contribution < 1.29 is 19.1 Å². The summed E-state index contributed by atoms with van der Waals surface area (Å²) in [6, 6.07) is 14.3. The van der Waals surface area contributed by atoms with Gasteiger partial charge < -0.3 is 19.7 Å². The number of carbonyl (C=O) groups is 2. The lowest BCUT2D eigenvalue weighted by molar-refractivity contribution is -0.117. The van der Waals surface area contributed by atoms with Crippen molar-refractivity contribution in [1.29, 1.82) is 0 Å². The van der Waals surface area contributed by atoms with Gasteiger partial charge in [-0.3, -0.25) is 9.59 Å². The van der Waals surface area contributed by atoms with Gasteiger partial charge in [0.1, 0.15) is 6.61 Å². The minimum Gasteiger partial charge on any atom is -0.493 e. The predicted octanol–water partition coefficient (Wildman–Crippen LogP) is 3.02. The van der Waals surface area contributed by atoms with Crippen LogP contribution in [0.3, 0.4) is 0 Å². The van der Waals surface area contributed by atoms with Crippen LogP contribution in [-0.2, 0) is 4.79 Å². The third-order valence-corrected chi connectivity index (χ3v) is 4.43. The van der Waals surface area contributed by atoms with Gasteiger partial charge in [0.15, 0.2) is 11.5 Å². The van der Waals surface area contributed by atoms with E-state index in [1.54, 1.807) is 30.2 Å². The molecule has 1 aliphatic rings. The highest BCUT2D eigenvalue weighted by Crippen LogP contribution is 2.26. The minimum absolute atomic E-state index is 0.103. The maximum Gasteiger partial charge on any atom is 0.251 e. The van der Waals surface area contributed by atoms with Gasteiger partial charge in [0.25, 0.3) is 5.91 Å². The second-order valence-corrected chi connectivity index (χ2v) is 6.54. The number of para-hydroxylation sites is 2. The highest BCUT2D eigenvalue weighted by molar-refractivity contribution is 5.99. The van der Waals surface area contributed by atoms with E-state index in [-0.39, 0.29) is 17.9 Å². The molecule has 0 aliphatic carbocycles. The summed E-state index contributed by atoms with van der Waals surface area (Å²) in [5.74, 6) is 1.19. The molecule has 2 amide bonds. The van der Waals surface area contributed by atoms with Crippen LogP contribution in [0.5, 0.6) is 11.5 Å². The summed E-state index contributed by atoms with van der Waals surface area (Å²) in [5.41, 5.74) is 1.29. The summed E-state index contributed by atoms with van der Waals surface area (Å²) >= 11 is 0. The lowest BCUT2D eigenvalue weighted by atomic mass is 10.1. The Balaban J connectivity index is 1.59. The van der Waals surface area contributed by atoms with Crippen LogP contribution < -0.4 is 19.7 Å². The average molecular weight is 368 g/mol. The molecule has 1 aliphatic heterocycles. The molecular formula is C21H24N2O4. The number of benzene rings is 2. The van der Waals surface area contributed by atoms with Crippen LogP contribution in [0.4, 0.5) is 5.69 Å². The average Bonchev–Trinajstić information content (AvgIpc) is 3.12. The maximum atomic E-state index is 12.5. The van der Waals surface area contributed by atoms with Crippen LogP contribution in [0, 0.1) is 0 Å².